The molecule has 0 N–H and O–H groups in total. The largest absolute Gasteiger partial charge is 0.497 e. The number of aryl methyl sites for hydroxylation is 1. The van der Waals surface area contributed by atoms with E-state index in [1.165, 1.54) is 31.2 Å². The molecule has 3 heteroatoms. The Hall–Kier alpha value is -0.803. The van der Waals surface area contributed by atoms with Crippen LogP contribution in [0.3, 0.4) is 0 Å². The second kappa shape index (κ2) is 6.42. The number of benzene rings is 1. The van der Waals surface area contributed by atoms with Gasteiger partial charge in [0.1, 0.15) is 5.75 Å². The van der Waals surface area contributed by atoms with E-state index in [1.54, 1.807) is 12.7 Å². The van der Waals surface area contributed by atoms with Gasteiger partial charge in [-0.15, -0.1) is 0 Å². The quantitative estimate of drug-likeness (QED) is 0.586. The Morgan fingerprint density at radius 1 is 1.20 bits per heavy atom. The molecule has 0 saturated heterocycles. The topological polar surface area (TPSA) is 18.5 Å². The molecule has 0 amide bonds. The van der Waals surface area contributed by atoms with Crippen LogP contribution in [0, 0.1) is 5.41 Å². The highest BCUT2D eigenvalue weighted by Crippen LogP contribution is 2.60. The fourth-order valence-corrected chi connectivity index (χ4v) is 6.33. The summed E-state index contributed by atoms with van der Waals surface area (Å²) in [6.45, 7) is 14.3. The number of fused-ring (bicyclic) bond motifs is 3. The van der Waals surface area contributed by atoms with Gasteiger partial charge in [-0.25, -0.2) is 0 Å². The van der Waals surface area contributed by atoms with E-state index in [2.05, 4.69) is 59.0 Å². The van der Waals surface area contributed by atoms with Crippen LogP contribution in [0.15, 0.2) is 18.2 Å². The second-order valence-corrected chi connectivity index (χ2v) is 14.4. The molecule has 0 bridgehead atoms. The van der Waals surface area contributed by atoms with E-state index in [9.17, 15) is 0 Å². The van der Waals surface area contributed by atoms with Crippen molar-refractivity contribution in [1.29, 1.82) is 0 Å². The molecule has 1 aromatic rings. The molecule has 2 nitrogen and oxygen atoms in total. The first-order chi connectivity index (χ1) is 11.6. The van der Waals surface area contributed by atoms with Gasteiger partial charge in [0.15, 0.2) is 8.32 Å². The lowest BCUT2D eigenvalue weighted by molar-refractivity contribution is 0.0363. The van der Waals surface area contributed by atoms with Crippen molar-refractivity contribution in [2.75, 3.05) is 7.11 Å². The molecule has 1 fully saturated rings. The summed E-state index contributed by atoms with van der Waals surface area (Å²) in [5, 5.41) is 0.278. The van der Waals surface area contributed by atoms with E-state index in [4.69, 9.17) is 9.16 Å². The SMILES string of the molecule is CC[C@@]12CCc3cc(OC)ccc3[C@H]1CC[C@H]2O[Si](C)(C)C(C)(C)C. The first kappa shape index (κ1) is 19.0. The van der Waals surface area contributed by atoms with Crippen LogP contribution in [0.4, 0.5) is 0 Å². The highest BCUT2D eigenvalue weighted by Gasteiger charge is 2.54. The molecule has 1 saturated carbocycles. The Balaban J connectivity index is 1.92. The molecule has 2 aliphatic rings. The molecule has 2 aliphatic carbocycles. The summed E-state index contributed by atoms with van der Waals surface area (Å²) in [7, 11) is 0.0276. The first-order valence-corrected chi connectivity index (χ1v) is 12.9. The molecule has 0 spiro atoms. The van der Waals surface area contributed by atoms with Crippen LogP contribution in [0.5, 0.6) is 5.75 Å². The number of ether oxygens (including phenoxy) is 1. The summed E-state index contributed by atoms with van der Waals surface area (Å²) in [6.07, 6.45) is 6.56. The van der Waals surface area contributed by atoms with Gasteiger partial charge in [0, 0.05) is 5.41 Å². The van der Waals surface area contributed by atoms with Crippen LogP contribution in [0.2, 0.25) is 18.1 Å². The Kier molecular flexibility index (Phi) is 4.87. The molecule has 0 unspecified atom stereocenters. The minimum absolute atomic E-state index is 0.278. The zero-order valence-electron chi connectivity index (χ0n) is 17.2. The maximum atomic E-state index is 7.00. The third-order valence-electron chi connectivity index (χ3n) is 7.54. The van der Waals surface area contributed by atoms with E-state index in [0.29, 0.717) is 17.4 Å². The summed E-state index contributed by atoms with van der Waals surface area (Å²) < 4.78 is 12.4. The second-order valence-electron chi connectivity index (χ2n) is 9.65. The summed E-state index contributed by atoms with van der Waals surface area (Å²) >= 11 is 0. The lowest BCUT2D eigenvalue weighted by atomic mass is 9.63. The van der Waals surface area contributed by atoms with Crippen molar-refractivity contribution >= 4 is 8.32 Å². The Morgan fingerprint density at radius 3 is 2.52 bits per heavy atom. The summed E-state index contributed by atoms with van der Waals surface area (Å²) in [6, 6.07) is 6.74. The van der Waals surface area contributed by atoms with Crippen LogP contribution in [-0.4, -0.2) is 21.5 Å². The van der Waals surface area contributed by atoms with Crippen molar-refractivity contribution in [3.63, 3.8) is 0 Å². The van der Waals surface area contributed by atoms with Crippen molar-refractivity contribution < 1.29 is 9.16 Å². The zero-order chi connectivity index (χ0) is 18.5. The molecule has 0 heterocycles. The molecular weight excluding hydrogens is 324 g/mol. The Bertz CT molecular complexity index is 631. The molecule has 0 aromatic heterocycles. The van der Waals surface area contributed by atoms with Gasteiger partial charge in [0.05, 0.1) is 13.2 Å². The predicted octanol–water partition coefficient (Wildman–Crippen LogP) is 6.31. The van der Waals surface area contributed by atoms with Gasteiger partial charge < -0.3 is 9.16 Å². The normalized spacial score (nSPS) is 29.2. The highest BCUT2D eigenvalue weighted by atomic mass is 28.4. The average molecular weight is 361 g/mol. The highest BCUT2D eigenvalue weighted by molar-refractivity contribution is 6.74. The summed E-state index contributed by atoms with van der Waals surface area (Å²) in [4.78, 5) is 0. The van der Waals surface area contributed by atoms with Gasteiger partial charge >= 0.3 is 0 Å². The Morgan fingerprint density at radius 2 is 1.92 bits per heavy atom. The monoisotopic (exact) mass is 360 g/mol. The fourth-order valence-electron chi connectivity index (χ4n) is 4.91. The van der Waals surface area contributed by atoms with E-state index in [0.717, 1.165) is 12.2 Å². The molecular formula is C22H36O2Si. The zero-order valence-corrected chi connectivity index (χ0v) is 18.2. The fraction of sp³-hybridized carbons (Fsp3) is 0.727. The van der Waals surface area contributed by atoms with Gasteiger partial charge in [0.25, 0.3) is 0 Å². The lowest BCUT2D eigenvalue weighted by Gasteiger charge is -2.48. The van der Waals surface area contributed by atoms with E-state index in [1.807, 2.05) is 0 Å². The van der Waals surface area contributed by atoms with Crippen LogP contribution in [0.1, 0.15) is 70.4 Å². The third-order valence-corrected chi connectivity index (χ3v) is 12.0. The van der Waals surface area contributed by atoms with Crippen molar-refractivity contribution in [2.24, 2.45) is 5.41 Å². The molecule has 140 valence electrons. The number of methoxy groups -OCH3 is 1. The maximum Gasteiger partial charge on any atom is 0.192 e. The summed E-state index contributed by atoms with van der Waals surface area (Å²) in [5.41, 5.74) is 3.40. The van der Waals surface area contributed by atoms with Crippen LogP contribution >= 0.6 is 0 Å². The molecule has 3 atom stereocenters. The molecule has 0 radical (unpaired) electrons. The van der Waals surface area contributed by atoms with Crippen molar-refractivity contribution in [3.05, 3.63) is 29.3 Å². The van der Waals surface area contributed by atoms with Gasteiger partial charge in [-0.05, 0) is 79.4 Å². The van der Waals surface area contributed by atoms with E-state index >= 15 is 0 Å². The maximum absolute atomic E-state index is 7.00. The molecule has 1 aromatic carbocycles. The standard InChI is InChI=1S/C22H36O2Si/c1-8-22-14-13-16-15-17(23-5)9-10-18(16)19(22)11-12-20(22)24-25(6,7)21(2,3)4/h9-10,15,19-20H,8,11-14H2,1-7H3/t19-,20-,22-/m1/s1. The van der Waals surface area contributed by atoms with Gasteiger partial charge in [-0.2, -0.15) is 0 Å². The van der Waals surface area contributed by atoms with Crippen molar-refractivity contribution in [1.82, 2.24) is 0 Å². The third kappa shape index (κ3) is 3.08. The number of rotatable bonds is 4. The van der Waals surface area contributed by atoms with Gasteiger partial charge in [-0.1, -0.05) is 33.8 Å². The minimum Gasteiger partial charge on any atom is -0.497 e. The summed E-state index contributed by atoms with van der Waals surface area (Å²) in [5.74, 6) is 1.65. The van der Waals surface area contributed by atoms with Gasteiger partial charge in [0.2, 0.25) is 0 Å². The molecule has 0 aliphatic heterocycles. The average Bonchev–Trinajstić information content (AvgIpc) is 2.92. The smallest absolute Gasteiger partial charge is 0.192 e. The predicted molar refractivity (Wildman–Crippen MR) is 108 cm³/mol. The van der Waals surface area contributed by atoms with Crippen molar-refractivity contribution in [3.8, 4) is 5.75 Å². The molecule has 3 rings (SSSR count). The van der Waals surface area contributed by atoms with E-state index < -0.39 is 8.32 Å². The van der Waals surface area contributed by atoms with E-state index in [-0.39, 0.29) is 5.04 Å². The van der Waals surface area contributed by atoms with Crippen molar-refractivity contribution in [2.45, 2.75) is 90.0 Å². The first-order valence-electron chi connectivity index (χ1n) is 9.99. The molecule has 25 heavy (non-hydrogen) atoms. The number of hydrogen-bond acceptors (Lipinski definition) is 2. The minimum atomic E-state index is -1.74. The van der Waals surface area contributed by atoms with Crippen LogP contribution in [-0.2, 0) is 10.8 Å². The number of hydrogen-bond donors (Lipinski definition) is 0. The van der Waals surface area contributed by atoms with Crippen LogP contribution < -0.4 is 4.74 Å². The lowest BCUT2D eigenvalue weighted by Crippen LogP contribution is -2.49. The van der Waals surface area contributed by atoms with Gasteiger partial charge in [-0.3, -0.25) is 0 Å². The Labute approximate surface area is 155 Å². The van der Waals surface area contributed by atoms with Crippen LogP contribution in [0.25, 0.3) is 0 Å².